The molecule has 0 fully saturated rings. The highest BCUT2D eigenvalue weighted by Crippen LogP contribution is 2.27. The fraction of sp³-hybridized carbons (Fsp3) is 0.235. The molecule has 0 bridgehead atoms. The molecule has 1 aliphatic rings. The highest BCUT2D eigenvalue weighted by atomic mass is 16.5. The number of hydrogen-bond donors (Lipinski definition) is 1. The summed E-state index contributed by atoms with van der Waals surface area (Å²) in [5.74, 6) is 0.975. The van der Waals surface area contributed by atoms with Gasteiger partial charge in [0.15, 0.2) is 11.5 Å². The van der Waals surface area contributed by atoms with Crippen LogP contribution in [0.15, 0.2) is 53.8 Å². The van der Waals surface area contributed by atoms with Crippen LogP contribution in [0.4, 0.5) is 0 Å². The molecule has 4 heteroatoms. The van der Waals surface area contributed by atoms with Gasteiger partial charge in [-0.3, -0.25) is 4.79 Å². The first kappa shape index (κ1) is 14.9. The van der Waals surface area contributed by atoms with E-state index in [-0.39, 0.29) is 5.91 Å². The van der Waals surface area contributed by atoms with E-state index >= 15 is 0 Å². The summed E-state index contributed by atoms with van der Waals surface area (Å²) in [5.41, 5.74) is 2.58. The first-order valence-electron chi connectivity index (χ1n) is 6.71. The van der Waals surface area contributed by atoms with Gasteiger partial charge in [-0.15, -0.1) is 0 Å². The Hall–Kier alpha value is -2.49. The molecule has 1 amide bonds. The standard InChI is InChI=1S/C17H19NO3/c1-12-5-4-6-14(9-7-12)18-17(19)13-8-10-15(20-2)16(11-13)21-3/h4-8,10-11H,9H2,1-3H3,(H,18,19). The Bertz CT molecular complexity index is 624. The van der Waals surface area contributed by atoms with Crippen LogP contribution in [0.5, 0.6) is 11.5 Å². The Balaban J connectivity index is 2.14. The fourth-order valence-corrected chi connectivity index (χ4v) is 2.01. The molecule has 0 aliphatic heterocycles. The minimum atomic E-state index is -0.163. The van der Waals surface area contributed by atoms with Gasteiger partial charge in [0.1, 0.15) is 0 Å². The Kier molecular flexibility index (Phi) is 4.82. The summed E-state index contributed by atoms with van der Waals surface area (Å²) in [6.45, 7) is 2.03. The molecule has 0 aromatic heterocycles. The molecule has 1 aromatic rings. The van der Waals surface area contributed by atoms with Crippen molar-refractivity contribution >= 4 is 5.91 Å². The van der Waals surface area contributed by atoms with Crippen molar-refractivity contribution in [3.05, 3.63) is 59.3 Å². The number of nitrogens with one attached hydrogen (secondary N) is 1. The lowest BCUT2D eigenvalue weighted by Gasteiger charge is -2.11. The summed E-state index contributed by atoms with van der Waals surface area (Å²) in [7, 11) is 3.11. The van der Waals surface area contributed by atoms with E-state index in [1.807, 2.05) is 25.2 Å². The van der Waals surface area contributed by atoms with Gasteiger partial charge >= 0.3 is 0 Å². The molecular weight excluding hydrogens is 266 g/mol. The summed E-state index contributed by atoms with van der Waals surface area (Å²) in [5, 5.41) is 2.91. The average Bonchev–Trinajstić information content (AvgIpc) is 2.71. The Labute approximate surface area is 124 Å². The molecule has 0 spiro atoms. The molecule has 1 aromatic carbocycles. The van der Waals surface area contributed by atoms with Gasteiger partial charge in [0.25, 0.3) is 5.91 Å². The molecule has 2 rings (SSSR count). The SMILES string of the molecule is COc1ccc(C(=O)NC2=CC=CC(C)=CC2)cc1OC. The molecule has 0 saturated carbocycles. The van der Waals surface area contributed by atoms with Gasteiger partial charge in [-0.25, -0.2) is 0 Å². The van der Waals surface area contributed by atoms with Gasteiger partial charge < -0.3 is 14.8 Å². The lowest BCUT2D eigenvalue weighted by Crippen LogP contribution is -2.22. The molecule has 0 atom stereocenters. The van der Waals surface area contributed by atoms with Crippen LogP contribution < -0.4 is 14.8 Å². The van der Waals surface area contributed by atoms with Crippen LogP contribution in [0.3, 0.4) is 0 Å². The van der Waals surface area contributed by atoms with Crippen LogP contribution in [0, 0.1) is 0 Å². The number of carbonyl (C=O) groups is 1. The van der Waals surface area contributed by atoms with Crippen LogP contribution in [0.2, 0.25) is 0 Å². The number of ether oxygens (including phenoxy) is 2. The molecule has 1 aliphatic carbocycles. The van der Waals surface area contributed by atoms with E-state index in [0.717, 1.165) is 5.70 Å². The average molecular weight is 285 g/mol. The minimum Gasteiger partial charge on any atom is -0.493 e. The fourth-order valence-electron chi connectivity index (χ4n) is 2.01. The number of benzene rings is 1. The summed E-state index contributed by atoms with van der Waals surface area (Å²) in [4.78, 5) is 12.3. The quantitative estimate of drug-likeness (QED) is 0.924. The highest BCUT2D eigenvalue weighted by molar-refractivity contribution is 5.96. The molecule has 1 N–H and O–H groups in total. The van der Waals surface area contributed by atoms with Crippen LogP contribution in [0.25, 0.3) is 0 Å². The zero-order valence-electron chi connectivity index (χ0n) is 12.5. The van der Waals surface area contributed by atoms with E-state index in [0.29, 0.717) is 23.5 Å². The number of rotatable bonds is 4. The van der Waals surface area contributed by atoms with Gasteiger partial charge in [-0.1, -0.05) is 23.8 Å². The van der Waals surface area contributed by atoms with Crippen LogP contribution >= 0.6 is 0 Å². The van der Waals surface area contributed by atoms with Crippen molar-refractivity contribution in [2.45, 2.75) is 13.3 Å². The number of methoxy groups -OCH3 is 2. The third-order valence-corrected chi connectivity index (χ3v) is 3.22. The van der Waals surface area contributed by atoms with E-state index in [4.69, 9.17) is 9.47 Å². The second kappa shape index (κ2) is 6.79. The first-order chi connectivity index (χ1) is 10.1. The second-order valence-electron chi connectivity index (χ2n) is 4.73. The molecule has 21 heavy (non-hydrogen) atoms. The summed E-state index contributed by atoms with van der Waals surface area (Å²) in [6.07, 6.45) is 8.63. The maximum atomic E-state index is 12.3. The van der Waals surface area contributed by atoms with Crippen molar-refractivity contribution < 1.29 is 14.3 Å². The summed E-state index contributed by atoms with van der Waals surface area (Å²) < 4.78 is 10.4. The van der Waals surface area contributed by atoms with E-state index in [1.165, 1.54) is 5.57 Å². The number of hydrogen-bond acceptors (Lipinski definition) is 3. The van der Waals surface area contributed by atoms with Crippen molar-refractivity contribution in [1.82, 2.24) is 5.32 Å². The molecule has 0 unspecified atom stereocenters. The summed E-state index contributed by atoms with van der Waals surface area (Å²) >= 11 is 0. The minimum absolute atomic E-state index is 0.163. The molecule has 0 radical (unpaired) electrons. The van der Waals surface area contributed by atoms with Gasteiger partial charge in [0.05, 0.1) is 14.2 Å². The van der Waals surface area contributed by atoms with Crippen molar-refractivity contribution in [2.24, 2.45) is 0 Å². The predicted octanol–water partition coefficient (Wildman–Crippen LogP) is 3.22. The van der Waals surface area contributed by atoms with Crippen LogP contribution in [0.1, 0.15) is 23.7 Å². The van der Waals surface area contributed by atoms with E-state index in [1.54, 1.807) is 32.4 Å². The summed E-state index contributed by atoms with van der Waals surface area (Å²) in [6, 6.07) is 5.10. The molecule has 4 nitrogen and oxygen atoms in total. The van der Waals surface area contributed by atoms with Gasteiger partial charge in [-0.05, 0) is 31.2 Å². The maximum absolute atomic E-state index is 12.3. The van der Waals surface area contributed by atoms with Crippen molar-refractivity contribution in [1.29, 1.82) is 0 Å². The molecule has 110 valence electrons. The number of allylic oxidation sites excluding steroid dienone is 5. The first-order valence-corrected chi connectivity index (χ1v) is 6.71. The Morgan fingerprint density at radius 3 is 2.67 bits per heavy atom. The van der Waals surface area contributed by atoms with E-state index in [9.17, 15) is 4.79 Å². The largest absolute Gasteiger partial charge is 0.493 e. The van der Waals surface area contributed by atoms with Crippen molar-refractivity contribution in [3.8, 4) is 11.5 Å². The predicted molar refractivity (Wildman–Crippen MR) is 82.6 cm³/mol. The topological polar surface area (TPSA) is 47.6 Å². The number of amides is 1. The van der Waals surface area contributed by atoms with E-state index < -0.39 is 0 Å². The highest BCUT2D eigenvalue weighted by Gasteiger charge is 2.11. The van der Waals surface area contributed by atoms with Crippen molar-refractivity contribution in [3.63, 3.8) is 0 Å². The van der Waals surface area contributed by atoms with Crippen LogP contribution in [-0.4, -0.2) is 20.1 Å². The normalized spacial score (nSPS) is 13.9. The monoisotopic (exact) mass is 285 g/mol. The maximum Gasteiger partial charge on any atom is 0.255 e. The zero-order chi connectivity index (χ0) is 15.2. The molecule has 0 saturated heterocycles. The zero-order valence-corrected chi connectivity index (χ0v) is 12.5. The smallest absolute Gasteiger partial charge is 0.255 e. The molecular formula is C17H19NO3. The van der Waals surface area contributed by atoms with Crippen molar-refractivity contribution in [2.75, 3.05) is 14.2 Å². The van der Waals surface area contributed by atoms with E-state index in [2.05, 4.69) is 11.4 Å². The van der Waals surface area contributed by atoms with Gasteiger partial charge in [0, 0.05) is 17.7 Å². The Morgan fingerprint density at radius 2 is 1.95 bits per heavy atom. The lowest BCUT2D eigenvalue weighted by molar-refractivity contribution is 0.0965. The number of carbonyl (C=O) groups excluding carboxylic acids is 1. The van der Waals surface area contributed by atoms with Crippen LogP contribution in [-0.2, 0) is 0 Å². The molecule has 0 heterocycles. The third-order valence-electron chi connectivity index (χ3n) is 3.22. The third kappa shape index (κ3) is 3.75. The van der Waals surface area contributed by atoms with Gasteiger partial charge in [0.2, 0.25) is 0 Å². The second-order valence-corrected chi connectivity index (χ2v) is 4.73. The Morgan fingerprint density at radius 1 is 1.19 bits per heavy atom. The van der Waals surface area contributed by atoms with Gasteiger partial charge in [-0.2, -0.15) is 0 Å². The lowest BCUT2D eigenvalue weighted by atomic mass is 10.1.